The Morgan fingerprint density at radius 3 is 2.45 bits per heavy atom. The third kappa shape index (κ3) is 5.81. The maximum atomic E-state index is 12.7. The molecule has 7 nitrogen and oxygen atoms in total. The van der Waals surface area contributed by atoms with Gasteiger partial charge in [-0.15, -0.1) is 0 Å². The van der Waals surface area contributed by atoms with Crippen LogP contribution in [0.4, 0.5) is 5.69 Å². The van der Waals surface area contributed by atoms with E-state index in [1.807, 2.05) is 24.3 Å². The number of nitrogens with zero attached hydrogens (tertiary/aromatic N) is 1. The van der Waals surface area contributed by atoms with Crippen molar-refractivity contribution in [1.82, 2.24) is 4.90 Å². The van der Waals surface area contributed by atoms with Crippen molar-refractivity contribution in [2.24, 2.45) is 0 Å². The summed E-state index contributed by atoms with van der Waals surface area (Å²) in [6.07, 6.45) is 1.91. The zero-order valence-electron chi connectivity index (χ0n) is 16.5. The molecule has 0 saturated heterocycles. The third-order valence-electron chi connectivity index (χ3n) is 4.57. The number of hydrogen-bond acceptors (Lipinski definition) is 5. The minimum Gasteiger partial charge on any atom is -0.497 e. The van der Waals surface area contributed by atoms with Crippen LogP contribution in [0.25, 0.3) is 0 Å². The van der Waals surface area contributed by atoms with Crippen molar-refractivity contribution in [3.05, 3.63) is 59.7 Å². The lowest BCUT2D eigenvalue weighted by atomic mass is 10.2. The van der Waals surface area contributed by atoms with Crippen LogP contribution in [0.3, 0.4) is 0 Å². The Morgan fingerprint density at radius 1 is 1.10 bits per heavy atom. The summed E-state index contributed by atoms with van der Waals surface area (Å²) in [5.74, 6) is -0.307. The van der Waals surface area contributed by atoms with E-state index in [9.17, 15) is 14.4 Å². The summed E-state index contributed by atoms with van der Waals surface area (Å²) in [6, 6.07) is 14.1. The minimum absolute atomic E-state index is 0.186. The van der Waals surface area contributed by atoms with E-state index < -0.39 is 5.97 Å². The molecule has 0 atom stereocenters. The molecule has 2 aromatic carbocycles. The fraction of sp³-hybridized carbons (Fsp3) is 0.318. The number of anilines is 1. The Morgan fingerprint density at radius 2 is 1.83 bits per heavy atom. The van der Waals surface area contributed by atoms with Crippen LogP contribution in [0.5, 0.6) is 5.75 Å². The first-order valence-electron chi connectivity index (χ1n) is 9.43. The van der Waals surface area contributed by atoms with Crippen LogP contribution < -0.4 is 10.1 Å². The number of hydrogen-bond donors (Lipinski definition) is 1. The molecule has 2 amide bonds. The second kappa shape index (κ2) is 9.23. The van der Waals surface area contributed by atoms with Gasteiger partial charge in [-0.1, -0.05) is 18.2 Å². The summed E-state index contributed by atoms with van der Waals surface area (Å²) in [7, 11) is 1.61. The second-order valence-electron chi connectivity index (χ2n) is 6.94. The topological polar surface area (TPSA) is 84.9 Å². The number of benzene rings is 2. The maximum absolute atomic E-state index is 12.7. The van der Waals surface area contributed by atoms with Crippen LogP contribution >= 0.6 is 0 Å². The van der Waals surface area contributed by atoms with Crippen molar-refractivity contribution >= 4 is 23.5 Å². The molecule has 7 heteroatoms. The predicted octanol–water partition coefficient (Wildman–Crippen LogP) is 3.00. The molecule has 0 radical (unpaired) electrons. The highest BCUT2D eigenvalue weighted by atomic mass is 16.5. The zero-order valence-corrected chi connectivity index (χ0v) is 16.5. The molecule has 0 heterocycles. The highest BCUT2D eigenvalue weighted by Crippen LogP contribution is 2.29. The molecule has 3 rings (SSSR count). The maximum Gasteiger partial charge on any atom is 0.338 e. The monoisotopic (exact) mass is 396 g/mol. The first-order valence-corrected chi connectivity index (χ1v) is 9.43. The van der Waals surface area contributed by atoms with Crippen molar-refractivity contribution in [1.29, 1.82) is 0 Å². The van der Waals surface area contributed by atoms with Crippen molar-refractivity contribution in [2.45, 2.75) is 32.4 Å². The summed E-state index contributed by atoms with van der Waals surface area (Å²) >= 11 is 0. The van der Waals surface area contributed by atoms with E-state index in [4.69, 9.17) is 9.47 Å². The molecule has 29 heavy (non-hydrogen) atoms. The summed E-state index contributed by atoms with van der Waals surface area (Å²) in [5.41, 5.74) is 1.76. The quantitative estimate of drug-likeness (QED) is 0.694. The van der Waals surface area contributed by atoms with Crippen LogP contribution in [0, 0.1) is 0 Å². The molecule has 1 saturated carbocycles. The molecule has 0 aliphatic heterocycles. The first-order chi connectivity index (χ1) is 14.0. The Hall–Kier alpha value is -3.35. The van der Waals surface area contributed by atoms with E-state index >= 15 is 0 Å². The molecule has 0 bridgehead atoms. The van der Waals surface area contributed by atoms with Crippen LogP contribution in [-0.4, -0.2) is 42.4 Å². The van der Waals surface area contributed by atoms with Gasteiger partial charge in [0, 0.05) is 25.2 Å². The van der Waals surface area contributed by atoms with E-state index in [1.54, 1.807) is 30.2 Å². The van der Waals surface area contributed by atoms with Crippen LogP contribution in [-0.2, 0) is 20.9 Å². The summed E-state index contributed by atoms with van der Waals surface area (Å²) in [4.78, 5) is 37.9. The van der Waals surface area contributed by atoms with Crippen molar-refractivity contribution < 1.29 is 23.9 Å². The third-order valence-corrected chi connectivity index (χ3v) is 4.57. The summed E-state index contributed by atoms with van der Waals surface area (Å²) < 4.78 is 10.4. The van der Waals surface area contributed by atoms with Gasteiger partial charge in [-0.05, 0) is 48.7 Å². The Bertz CT molecular complexity index is 890. The highest BCUT2D eigenvalue weighted by molar-refractivity contribution is 5.94. The van der Waals surface area contributed by atoms with E-state index in [2.05, 4.69) is 5.32 Å². The minimum atomic E-state index is -0.606. The smallest absolute Gasteiger partial charge is 0.338 e. The Balaban J connectivity index is 1.58. The SMILES string of the molecule is COc1ccc(CN(C(=O)COC(=O)c2cccc(NC(C)=O)c2)C2CC2)cc1. The lowest BCUT2D eigenvalue weighted by molar-refractivity contribution is -0.135. The van der Waals surface area contributed by atoms with Gasteiger partial charge in [-0.2, -0.15) is 0 Å². The number of nitrogens with one attached hydrogen (secondary N) is 1. The standard InChI is InChI=1S/C22H24N2O5/c1-15(25)23-18-5-3-4-17(12-18)22(27)29-14-21(26)24(19-8-9-19)13-16-6-10-20(28-2)11-7-16/h3-7,10-12,19H,8-9,13-14H2,1-2H3,(H,23,25). The zero-order chi connectivity index (χ0) is 20.8. The van der Waals surface area contributed by atoms with Gasteiger partial charge in [0.05, 0.1) is 12.7 Å². The van der Waals surface area contributed by atoms with Gasteiger partial charge >= 0.3 is 5.97 Å². The largest absolute Gasteiger partial charge is 0.497 e. The highest BCUT2D eigenvalue weighted by Gasteiger charge is 2.33. The van der Waals surface area contributed by atoms with Crippen molar-refractivity contribution in [2.75, 3.05) is 19.0 Å². The van der Waals surface area contributed by atoms with Crippen LogP contribution in [0.15, 0.2) is 48.5 Å². The molecule has 1 fully saturated rings. The lowest BCUT2D eigenvalue weighted by Gasteiger charge is -2.22. The van der Waals surface area contributed by atoms with Crippen molar-refractivity contribution in [3.63, 3.8) is 0 Å². The van der Waals surface area contributed by atoms with Gasteiger partial charge in [0.1, 0.15) is 5.75 Å². The van der Waals surface area contributed by atoms with E-state index in [-0.39, 0.29) is 30.0 Å². The number of esters is 1. The molecule has 0 unspecified atom stereocenters. The first kappa shape index (κ1) is 20.4. The lowest BCUT2D eigenvalue weighted by Crippen LogP contribution is -2.36. The average molecular weight is 396 g/mol. The predicted molar refractivity (Wildman–Crippen MR) is 108 cm³/mol. The van der Waals surface area contributed by atoms with Gasteiger partial charge in [-0.25, -0.2) is 4.79 Å². The fourth-order valence-corrected chi connectivity index (χ4v) is 2.96. The van der Waals surface area contributed by atoms with Gasteiger partial charge < -0.3 is 19.7 Å². The molecule has 0 spiro atoms. The molecule has 2 aromatic rings. The number of carbonyl (C=O) groups is 3. The van der Waals surface area contributed by atoms with Crippen LogP contribution in [0.2, 0.25) is 0 Å². The number of rotatable bonds is 8. The molecule has 152 valence electrons. The summed E-state index contributed by atoms with van der Waals surface area (Å²) in [6.45, 7) is 1.53. The average Bonchev–Trinajstić information content (AvgIpc) is 3.55. The Kier molecular flexibility index (Phi) is 6.49. The molecule has 1 N–H and O–H groups in total. The number of methoxy groups -OCH3 is 1. The number of amides is 2. The van der Waals surface area contributed by atoms with E-state index in [1.165, 1.54) is 13.0 Å². The molecule has 1 aliphatic carbocycles. The fourth-order valence-electron chi connectivity index (χ4n) is 2.96. The van der Waals surface area contributed by atoms with Gasteiger partial charge in [0.15, 0.2) is 6.61 Å². The number of carbonyl (C=O) groups excluding carboxylic acids is 3. The van der Waals surface area contributed by atoms with Gasteiger partial charge in [0.25, 0.3) is 5.91 Å². The number of ether oxygens (including phenoxy) is 2. The van der Waals surface area contributed by atoms with Crippen LogP contribution in [0.1, 0.15) is 35.7 Å². The normalized spacial score (nSPS) is 12.8. The Labute approximate surface area is 169 Å². The second-order valence-corrected chi connectivity index (χ2v) is 6.94. The van der Waals surface area contributed by atoms with E-state index in [0.29, 0.717) is 12.2 Å². The summed E-state index contributed by atoms with van der Waals surface area (Å²) in [5, 5.41) is 2.61. The molecular weight excluding hydrogens is 372 g/mol. The van der Waals surface area contributed by atoms with Gasteiger partial charge in [0.2, 0.25) is 5.91 Å². The molecular formula is C22H24N2O5. The van der Waals surface area contributed by atoms with Crippen molar-refractivity contribution in [3.8, 4) is 5.75 Å². The van der Waals surface area contributed by atoms with E-state index in [0.717, 1.165) is 24.2 Å². The molecule has 0 aromatic heterocycles. The molecule has 1 aliphatic rings. The van der Waals surface area contributed by atoms with Gasteiger partial charge in [-0.3, -0.25) is 9.59 Å².